The monoisotopic (exact) mass is 278 g/mol. The molecule has 2 aromatic carbocycles. The SMILES string of the molecule is COc1ccc(C=O)cc1-c1cnn(-c2ccccc2)c1. The molecule has 0 saturated carbocycles. The highest BCUT2D eigenvalue weighted by Gasteiger charge is 2.10. The number of methoxy groups -OCH3 is 1. The fourth-order valence-corrected chi connectivity index (χ4v) is 2.21. The normalized spacial score (nSPS) is 10.3. The maximum Gasteiger partial charge on any atom is 0.150 e. The van der Waals surface area contributed by atoms with E-state index in [1.165, 1.54) is 0 Å². The molecule has 4 heteroatoms. The molecule has 0 radical (unpaired) electrons. The molecule has 0 atom stereocenters. The quantitative estimate of drug-likeness (QED) is 0.687. The van der Waals surface area contributed by atoms with Crippen LogP contribution in [0.5, 0.6) is 5.75 Å². The number of carbonyl (C=O) groups excluding carboxylic acids is 1. The molecular weight excluding hydrogens is 264 g/mol. The predicted molar refractivity (Wildman–Crippen MR) is 80.9 cm³/mol. The van der Waals surface area contributed by atoms with Gasteiger partial charge in [0.25, 0.3) is 0 Å². The van der Waals surface area contributed by atoms with E-state index in [1.807, 2.05) is 36.5 Å². The standard InChI is InChI=1S/C17H14N2O2/c1-21-17-8-7-13(12-20)9-16(17)14-10-18-19(11-14)15-5-3-2-4-6-15/h2-12H,1H3. The summed E-state index contributed by atoms with van der Waals surface area (Å²) in [4.78, 5) is 11.0. The minimum absolute atomic E-state index is 0.610. The average molecular weight is 278 g/mol. The van der Waals surface area contributed by atoms with Gasteiger partial charge in [-0.15, -0.1) is 0 Å². The molecule has 3 rings (SSSR count). The second-order valence-corrected chi connectivity index (χ2v) is 4.59. The molecule has 1 aromatic heterocycles. The Kier molecular flexibility index (Phi) is 3.51. The lowest BCUT2D eigenvalue weighted by atomic mass is 10.1. The summed E-state index contributed by atoms with van der Waals surface area (Å²) >= 11 is 0. The number of benzene rings is 2. The lowest BCUT2D eigenvalue weighted by Gasteiger charge is -2.07. The summed E-state index contributed by atoms with van der Waals surface area (Å²) in [7, 11) is 1.61. The Morgan fingerprint density at radius 3 is 2.67 bits per heavy atom. The van der Waals surface area contributed by atoms with Crippen molar-refractivity contribution in [3.05, 3.63) is 66.5 Å². The summed E-state index contributed by atoms with van der Waals surface area (Å²) in [6.07, 6.45) is 4.51. The second kappa shape index (κ2) is 5.63. The van der Waals surface area contributed by atoms with Gasteiger partial charge >= 0.3 is 0 Å². The Hall–Kier alpha value is -2.88. The molecule has 0 aliphatic rings. The van der Waals surface area contributed by atoms with E-state index in [-0.39, 0.29) is 0 Å². The molecule has 0 spiro atoms. The van der Waals surface area contributed by atoms with Crippen LogP contribution in [0, 0.1) is 0 Å². The van der Waals surface area contributed by atoms with Crippen LogP contribution in [0.2, 0.25) is 0 Å². The van der Waals surface area contributed by atoms with E-state index in [1.54, 1.807) is 36.2 Å². The molecule has 4 nitrogen and oxygen atoms in total. The topological polar surface area (TPSA) is 44.1 Å². The lowest BCUT2D eigenvalue weighted by Crippen LogP contribution is -1.92. The van der Waals surface area contributed by atoms with Crippen molar-refractivity contribution in [1.82, 2.24) is 9.78 Å². The summed E-state index contributed by atoms with van der Waals surface area (Å²) in [6.45, 7) is 0. The van der Waals surface area contributed by atoms with E-state index in [4.69, 9.17) is 4.74 Å². The number of carbonyl (C=O) groups is 1. The van der Waals surface area contributed by atoms with Crippen molar-refractivity contribution < 1.29 is 9.53 Å². The van der Waals surface area contributed by atoms with Crippen LogP contribution < -0.4 is 4.74 Å². The highest BCUT2D eigenvalue weighted by atomic mass is 16.5. The van der Waals surface area contributed by atoms with Gasteiger partial charge in [0.05, 0.1) is 19.0 Å². The van der Waals surface area contributed by atoms with E-state index < -0.39 is 0 Å². The summed E-state index contributed by atoms with van der Waals surface area (Å²) in [5.41, 5.74) is 3.34. The third kappa shape index (κ3) is 2.56. The van der Waals surface area contributed by atoms with Crippen molar-refractivity contribution in [2.45, 2.75) is 0 Å². The Bertz CT molecular complexity index is 763. The van der Waals surface area contributed by atoms with Crippen molar-refractivity contribution >= 4 is 6.29 Å². The van der Waals surface area contributed by atoms with Crippen LogP contribution in [0.3, 0.4) is 0 Å². The van der Waals surface area contributed by atoms with Crippen molar-refractivity contribution in [1.29, 1.82) is 0 Å². The average Bonchev–Trinajstić information content (AvgIpc) is 3.05. The number of aldehydes is 1. The van der Waals surface area contributed by atoms with E-state index in [0.717, 1.165) is 23.1 Å². The molecule has 0 aliphatic heterocycles. The van der Waals surface area contributed by atoms with Gasteiger partial charge in [0.1, 0.15) is 12.0 Å². The zero-order valence-electron chi connectivity index (χ0n) is 11.6. The summed E-state index contributed by atoms with van der Waals surface area (Å²) in [5.74, 6) is 0.716. The first-order valence-electron chi connectivity index (χ1n) is 6.55. The minimum Gasteiger partial charge on any atom is -0.496 e. The van der Waals surface area contributed by atoms with Gasteiger partial charge in [-0.05, 0) is 30.3 Å². The first kappa shape index (κ1) is 13.1. The van der Waals surface area contributed by atoms with Gasteiger partial charge in [-0.3, -0.25) is 4.79 Å². The van der Waals surface area contributed by atoms with Crippen LogP contribution in [0.15, 0.2) is 60.9 Å². The zero-order chi connectivity index (χ0) is 14.7. The zero-order valence-corrected chi connectivity index (χ0v) is 11.6. The van der Waals surface area contributed by atoms with Gasteiger partial charge in [-0.25, -0.2) is 4.68 Å². The van der Waals surface area contributed by atoms with Crippen molar-refractivity contribution in [2.75, 3.05) is 7.11 Å². The molecule has 0 fully saturated rings. The molecule has 21 heavy (non-hydrogen) atoms. The maximum absolute atomic E-state index is 11.0. The van der Waals surface area contributed by atoms with Crippen molar-refractivity contribution in [2.24, 2.45) is 0 Å². The first-order valence-corrected chi connectivity index (χ1v) is 6.55. The smallest absolute Gasteiger partial charge is 0.150 e. The van der Waals surface area contributed by atoms with Crippen LogP contribution >= 0.6 is 0 Å². The molecular formula is C17H14N2O2. The fraction of sp³-hybridized carbons (Fsp3) is 0.0588. The highest BCUT2D eigenvalue weighted by Crippen LogP contribution is 2.30. The lowest BCUT2D eigenvalue weighted by molar-refractivity contribution is 0.112. The van der Waals surface area contributed by atoms with Gasteiger partial charge in [0.2, 0.25) is 0 Å². The van der Waals surface area contributed by atoms with Gasteiger partial charge in [0.15, 0.2) is 0 Å². The van der Waals surface area contributed by atoms with E-state index >= 15 is 0 Å². The van der Waals surface area contributed by atoms with Crippen LogP contribution in [0.4, 0.5) is 0 Å². The molecule has 1 heterocycles. The molecule has 104 valence electrons. The maximum atomic E-state index is 11.0. The second-order valence-electron chi connectivity index (χ2n) is 4.59. The largest absolute Gasteiger partial charge is 0.496 e. The minimum atomic E-state index is 0.610. The molecule has 0 N–H and O–H groups in total. The fourth-order valence-electron chi connectivity index (χ4n) is 2.21. The Morgan fingerprint density at radius 2 is 1.95 bits per heavy atom. The van der Waals surface area contributed by atoms with E-state index in [9.17, 15) is 4.79 Å². The molecule has 3 aromatic rings. The summed E-state index contributed by atoms with van der Waals surface area (Å²) in [5, 5.41) is 4.37. The van der Waals surface area contributed by atoms with Crippen LogP contribution in [0.25, 0.3) is 16.8 Å². The van der Waals surface area contributed by atoms with Crippen LogP contribution in [-0.2, 0) is 0 Å². The third-order valence-corrected chi connectivity index (χ3v) is 3.27. The van der Waals surface area contributed by atoms with Gasteiger partial charge in [-0.2, -0.15) is 5.10 Å². The van der Waals surface area contributed by atoms with Crippen molar-refractivity contribution in [3.8, 4) is 22.6 Å². The molecule has 0 bridgehead atoms. The molecule has 0 unspecified atom stereocenters. The van der Waals surface area contributed by atoms with E-state index in [2.05, 4.69) is 5.10 Å². The van der Waals surface area contributed by atoms with Crippen molar-refractivity contribution in [3.63, 3.8) is 0 Å². The van der Waals surface area contributed by atoms with Crippen LogP contribution in [-0.4, -0.2) is 23.2 Å². The predicted octanol–water partition coefficient (Wildman–Crippen LogP) is 3.36. The summed E-state index contributed by atoms with van der Waals surface area (Å²) in [6, 6.07) is 15.2. The molecule has 0 amide bonds. The van der Waals surface area contributed by atoms with Crippen LogP contribution in [0.1, 0.15) is 10.4 Å². The Labute approximate surface area is 122 Å². The highest BCUT2D eigenvalue weighted by molar-refractivity contribution is 5.81. The van der Waals surface area contributed by atoms with E-state index in [0.29, 0.717) is 11.3 Å². The summed E-state index contributed by atoms with van der Waals surface area (Å²) < 4.78 is 7.16. The Morgan fingerprint density at radius 1 is 1.14 bits per heavy atom. The number of hydrogen-bond donors (Lipinski definition) is 0. The van der Waals surface area contributed by atoms with Gasteiger partial charge < -0.3 is 4.74 Å². The number of aromatic nitrogens is 2. The number of nitrogens with zero attached hydrogens (tertiary/aromatic N) is 2. The van der Waals surface area contributed by atoms with Gasteiger partial charge in [0, 0.05) is 22.9 Å². The Balaban J connectivity index is 2.05. The van der Waals surface area contributed by atoms with Gasteiger partial charge in [-0.1, -0.05) is 18.2 Å². The number of para-hydroxylation sites is 1. The molecule has 0 aliphatic carbocycles. The number of hydrogen-bond acceptors (Lipinski definition) is 3. The number of ether oxygens (including phenoxy) is 1. The number of rotatable bonds is 4. The third-order valence-electron chi connectivity index (χ3n) is 3.27. The first-order chi connectivity index (χ1) is 10.3. The molecule has 0 saturated heterocycles.